The summed E-state index contributed by atoms with van der Waals surface area (Å²) < 4.78 is 11.2. The normalized spacial score (nSPS) is 15.8. The third kappa shape index (κ3) is 7.84. The minimum Gasteiger partial charge on any atom is -0.494 e. The predicted octanol–water partition coefficient (Wildman–Crippen LogP) is 2.23. The third-order valence-corrected chi connectivity index (χ3v) is 4.05. The molecule has 1 heterocycles. The highest BCUT2D eigenvalue weighted by atomic mass is 16.7. The Morgan fingerprint density at radius 2 is 1.85 bits per heavy atom. The Kier molecular flexibility index (Phi) is 7.87. The quantitative estimate of drug-likeness (QED) is 0.445. The van der Waals surface area contributed by atoms with Crippen LogP contribution >= 0.6 is 0 Å². The van der Waals surface area contributed by atoms with Gasteiger partial charge in [0.15, 0.2) is 0 Å². The highest BCUT2D eigenvalue weighted by Crippen LogP contribution is 2.13. The van der Waals surface area contributed by atoms with Crippen LogP contribution in [0.4, 0.5) is 4.79 Å². The summed E-state index contributed by atoms with van der Waals surface area (Å²) in [5, 5.41) is 3.51. The molecule has 0 radical (unpaired) electrons. The second kappa shape index (κ2) is 10.1. The zero-order chi connectivity index (χ0) is 19.7. The van der Waals surface area contributed by atoms with Gasteiger partial charge in [0.05, 0.1) is 12.8 Å². The minimum atomic E-state index is -0.450. The number of nitrogens with zero attached hydrogens (tertiary/aromatic N) is 3. The van der Waals surface area contributed by atoms with Crippen molar-refractivity contribution in [3.8, 4) is 5.75 Å². The summed E-state index contributed by atoms with van der Waals surface area (Å²) in [6, 6.07) is 7.54. The van der Waals surface area contributed by atoms with Gasteiger partial charge in [0, 0.05) is 32.7 Å². The van der Waals surface area contributed by atoms with Crippen LogP contribution in [0.15, 0.2) is 29.4 Å². The fourth-order valence-electron chi connectivity index (χ4n) is 2.70. The maximum absolute atomic E-state index is 12.1. The Balaban J connectivity index is 1.62. The van der Waals surface area contributed by atoms with Crippen molar-refractivity contribution >= 4 is 12.3 Å². The molecule has 8 nitrogen and oxygen atoms in total. The summed E-state index contributed by atoms with van der Waals surface area (Å²) in [6.07, 6.45) is 2.23. The molecule has 0 bridgehead atoms. The Morgan fingerprint density at radius 1 is 1.19 bits per heavy atom. The fourth-order valence-corrected chi connectivity index (χ4v) is 2.70. The van der Waals surface area contributed by atoms with E-state index in [0.717, 1.165) is 37.4 Å². The first-order valence-corrected chi connectivity index (χ1v) is 9.20. The van der Waals surface area contributed by atoms with Gasteiger partial charge in [0.1, 0.15) is 11.4 Å². The van der Waals surface area contributed by atoms with Gasteiger partial charge in [-0.05, 0) is 57.0 Å². The minimum absolute atomic E-state index is 0.225. The van der Waals surface area contributed by atoms with E-state index in [9.17, 15) is 4.79 Å². The van der Waals surface area contributed by atoms with Crippen LogP contribution in [0, 0.1) is 0 Å². The largest absolute Gasteiger partial charge is 0.494 e. The van der Waals surface area contributed by atoms with Crippen LogP contribution in [0.2, 0.25) is 0 Å². The van der Waals surface area contributed by atoms with E-state index in [1.807, 2.05) is 45.0 Å². The molecular formula is C19H30N4O4. The molecule has 2 rings (SSSR count). The molecule has 0 saturated carbocycles. The zero-order valence-corrected chi connectivity index (χ0v) is 16.4. The lowest BCUT2D eigenvalue weighted by molar-refractivity contribution is 0.0142. The summed E-state index contributed by atoms with van der Waals surface area (Å²) >= 11 is 0. The van der Waals surface area contributed by atoms with E-state index in [2.05, 4.69) is 15.0 Å². The van der Waals surface area contributed by atoms with Crippen LogP contribution in [-0.4, -0.2) is 67.0 Å². The van der Waals surface area contributed by atoms with E-state index < -0.39 is 5.60 Å². The molecule has 0 unspecified atom stereocenters. The molecule has 1 fully saturated rings. The maximum Gasteiger partial charge on any atom is 0.410 e. The lowest BCUT2D eigenvalue weighted by Gasteiger charge is -2.35. The van der Waals surface area contributed by atoms with Gasteiger partial charge >= 0.3 is 6.09 Å². The standard InChI is InChI=1S/C19H30N4O4/c1-19(2,3)26-18(24)23-12-10-22(11-13-23)9-4-14-25-17-7-5-16(6-8-17)15-21-27-20/h5-8,15H,4,9-14,20H2,1-3H3. The highest BCUT2D eigenvalue weighted by Gasteiger charge is 2.25. The van der Waals surface area contributed by atoms with Crippen molar-refractivity contribution in [2.75, 3.05) is 39.3 Å². The highest BCUT2D eigenvalue weighted by molar-refractivity contribution is 5.79. The molecule has 27 heavy (non-hydrogen) atoms. The summed E-state index contributed by atoms with van der Waals surface area (Å²) in [4.78, 5) is 20.3. The van der Waals surface area contributed by atoms with Crippen molar-refractivity contribution in [3.05, 3.63) is 29.8 Å². The Hall–Kier alpha value is -2.32. The van der Waals surface area contributed by atoms with Crippen LogP contribution in [-0.2, 0) is 9.68 Å². The molecule has 0 atom stereocenters. The number of carbonyl (C=O) groups excluding carboxylic acids is 1. The maximum atomic E-state index is 12.1. The molecule has 8 heteroatoms. The molecule has 150 valence electrons. The summed E-state index contributed by atoms with van der Waals surface area (Å²) in [7, 11) is 0. The van der Waals surface area contributed by atoms with Gasteiger partial charge < -0.3 is 19.3 Å². The number of hydrogen-bond acceptors (Lipinski definition) is 7. The van der Waals surface area contributed by atoms with Crippen molar-refractivity contribution in [2.45, 2.75) is 32.8 Å². The van der Waals surface area contributed by atoms with E-state index in [1.54, 1.807) is 4.90 Å². The summed E-state index contributed by atoms with van der Waals surface area (Å²) in [5.41, 5.74) is 0.435. The second-order valence-corrected chi connectivity index (χ2v) is 7.42. The lowest BCUT2D eigenvalue weighted by Crippen LogP contribution is -2.50. The number of nitrogens with two attached hydrogens (primary N) is 1. The van der Waals surface area contributed by atoms with Crippen LogP contribution in [0.1, 0.15) is 32.8 Å². The predicted molar refractivity (Wildman–Crippen MR) is 104 cm³/mol. The average molecular weight is 378 g/mol. The molecule has 1 aliphatic rings. The molecule has 2 N–H and O–H groups in total. The lowest BCUT2D eigenvalue weighted by atomic mass is 10.2. The first kappa shape index (κ1) is 21.0. The van der Waals surface area contributed by atoms with Crippen LogP contribution in [0.5, 0.6) is 5.75 Å². The number of hydrogen-bond donors (Lipinski definition) is 1. The fraction of sp³-hybridized carbons (Fsp3) is 0.579. The number of benzene rings is 1. The SMILES string of the molecule is CC(C)(C)OC(=O)N1CCN(CCCOc2ccc(C=NON)cc2)CC1. The number of amides is 1. The van der Waals surface area contributed by atoms with E-state index in [-0.39, 0.29) is 6.09 Å². The van der Waals surface area contributed by atoms with Crippen molar-refractivity contribution in [1.82, 2.24) is 9.80 Å². The molecule has 1 aliphatic heterocycles. The molecule has 1 amide bonds. The molecule has 0 aliphatic carbocycles. The van der Waals surface area contributed by atoms with Gasteiger partial charge in [-0.2, -0.15) is 0 Å². The van der Waals surface area contributed by atoms with Crippen molar-refractivity contribution in [1.29, 1.82) is 0 Å². The second-order valence-electron chi connectivity index (χ2n) is 7.42. The van der Waals surface area contributed by atoms with E-state index in [4.69, 9.17) is 15.4 Å². The first-order valence-electron chi connectivity index (χ1n) is 9.20. The van der Waals surface area contributed by atoms with Gasteiger partial charge in [-0.25, -0.2) is 4.79 Å². The Morgan fingerprint density at radius 3 is 2.44 bits per heavy atom. The molecule has 1 aromatic rings. The van der Waals surface area contributed by atoms with E-state index in [0.29, 0.717) is 19.7 Å². The molecular weight excluding hydrogens is 348 g/mol. The van der Waals surface area contributed by atoms with Crippen molar-refractivity contribution in [3.63, 3.8) is 0 Å². The van der Waals surface area contributed by atoms with Gasteiger partial charge in [-0.1, -0.05) is 5.16 Å². The number of piperazine rings is 1. The molecule has 1 aromatic carbocycles. The van der Waals surface area contributed by atoms with Gasteiger partial charge in [0.2, 0.25) is 0 Å². The number of ether oxygens (including phenoxy) is 2. The van der Waals surface area contributed by atoms with Gasteiger partial charge in [0.25, 0.3) is 0 Å². The Labute approximate surface area is 160 Å². The average Bonchev–Trinajstić information content (AvgIpc) is 2.63. The smallest absolute Gasteiger partial charge is 0.410 e. The third-order valence-electron chi connectivity index (χ3n) is 4.05. The Bertz CT molecular complexity index is 605. The van der Waals surface area contributed by atoms with Gasteiger partial charge in [-0.15, -0.1) is 5.90 Å². The van der Waals surface area contributed by atoms with Gasteiger partial charge in [-0.3, -0.25) is 4.90 Å². The first-order chi connectivity index (χ1) is 12.9. The summed E-state index contributed by atoms with van der Waals surface area (Å²) in [5.74, 6) is 5.66. The zero-order valence-electron chi connectivity index (χ0n) is 16.4. The van der Waals surface area contributed by atoms with Crippen LogP contribution < -0.4 is 10.6 Å². The van der Waals surface area contributed by atoms with Crippen LogP contribution in [0.25, 0.3) is 0 Å². The van der Waals surface area contributed by atoms with Crippen molar-refractivity contribution < 1.29 is 19.2 Å². The number of rotatable bonds is 7. The van der Waals surface area contributed by atoms with E-state index in [1.165, 1.54) is 6.21 Å². The molecule has 1 saturated heterocycles. The summed E-state index contributed by atoms with van der Waals surface area (Å²) in [6.45, 7) is 10.4. The number of carbonyl (C=O) groups is 1. The molecule has 0 spiro atoms. The number of oxime groups is 1. The topological polar surface area (TPSA) is 89.6 Å². The van der Waals surface area contributed by atoms with Crippen LogP contribution in [0.3, 0.4) is 0 Å². The van der Waals surface area contributed by atoms with Crippen molar-refractivity contribution in [2.24, 2.45) is 11.1 Å². The monoisotopic (exact) mass is 378 g/mol. The van der Waals surface area contributed by atoms with E-state index >= 15 is 0 Å². The molecule has 0 aromatic heterocycles.